The van der Waals surface area contributed by atoms with Crippen LogP contribution < -0.4 is 0 Å². The maximum absolute atomic E-state index is 8.74. The van der Waals surface area contributed by atoms with Gasteiger partial charge in [0.15, 0.2) is 0 Å². The first-order valence-corrected chi connectivity index (χ1v) is 5.53. The zero-order chi connectivity index (χ0) is 10.5. The van der Waals surface area contributed by atoms with Gasteiger partial charge >= 0.3 is 0 Å². The molecule has 0 aliphatic rings. The molecule has 1 aromatic carbocycles. The average Bonchev–Trinajstić information content (AvgIpc) is 2.80. The highest BCUT2D eigenvalue weighted by Gasteiger charge is 2.11. The van der Waals surface area contributed by atoms with Crippen molar-refractivity contribution in [1.29, 1.82) is 0 Å². The zero-order valence-electron chi connectivity index (χ0n) is 8.05. The van der Waals surface area contributed by atoms with Crippen LogP contribution in [0.15, 0.2) is 47.8 Å². The Kier molecular flexibility index (Phi) is 3.06. The highest BCUT2D eigenvalue weighted by atomic mass is 32.1. The number of thiophene rings is 1. The molecule has 2 aromatic rings. The first-order chi connectivity index (χ1) is 7.42. The van der Waals surface area contributed by atoms with Gasteiger partial charge in [-0.15, -0.1) is 11.3 Å². The van der Waals surface area contributed by atoms with Crippen LogP contribution in [0.4, 0.5) is 0 Å². The Morgan fingerprint density at radius 2 is 1.87 bits per heavy atom. The van der Waals surface area contributed by atoms with Crippen LogP contribution in [0.25, 0.3) is 0 Å². The summed E-state index contributed by atoms with van der Waals surface area (Å²) in [7, 11) is 0. The van der Waals surface area contributed by atoms with Gasteiger partial charge in [-0.1, -0.05) is 36.4 Å². The Labute approximate surface area is 93.0 Å². The van der Waals surface area contributed by atoms with Crippen LogP contribution in [0.3, 0.4) is 0 Å². The van der Waals surface area contributed by atoms with Crippen molar-refractivity contribution in [2.24, 2.45) is 0 Å². The summed E-state index contributed by atoms with van der Waals surface area (Å²) in [5.74, 6) is 2.80. The van der Waals surface area contributed by atoms with Crippen molar-refractivity contribution in [1.82, 2.24) is 0 Å². The molecule has 0 spiro atoms. The summed E-state index contributed by atoms with van der Waals surface area (Å²) in [6.45, 7) is 0. The van der Waals surface area contributed by atoms with Crippen LogP contribution in [-0.4, -0.2) is 5.11 Å². The van der Waals surface area contributed by atoms with Gasteiger partial charge in [0, 0.05) is 4.88 Å². The molecule has 0 fully saturated rings. The van der Waals surface area contributed by atoms with Crippen LogP contribution >= 0.6 is 11.3 Å². The van der Waals surface area contributed by atoms with Gasteiger partial charge in [-0.2, -0.15) is 0 Å². The second kappa shape index (κ2) is 4.68. The van der Waals surface area contributed by atoms with Gasteiger partial charge in [-0.3, -0.25) is 0 Å². The number of hydrogen-bond donors (Lipinski definition) is 1. The van der Waals surface area contributed by atoms with Crippen LogP contribution in [0.2, 0.25) is 0 Å². The number of rotatable bonds is 2. The lowest BCUT2D eigenvalue weighted by Gasteiger charge is -2.07. The van der Waals surface area contributed by atoms with Gasteiger partial charge in [0.25, 0.3) is 0 Å². The first kappa shape index (κ1) is 9.82. The van der Waals surface area contributed by atoms with Crippen LogP contribution in [0.1, 0.15) is 16.4 Å². The lowest BCUT2D eigenvalue weighted by atomic mass is 9.98. The van der Waals surface area contributed by atoms with E-state index in [2.05, 4.69) is 5.92 Å². The fraction of sp³-hybridized carbons (Fsp3) is 0.0769. The molecule has 2 rings (SSSR count). The summed E-state index contributed by atoms with van der Waals surface area (Å²) in [5.41, 5.74) is 1.11. The summed E-state index contributed by atoms with van der Waals surface area (Å²) >= 11 is 1.65. The molecule has 0 amide bonds. The Morgan fingerprint density at radius 1 is 1.07 bits per heavy atom. The second-order valence-electron chi connectivity index (χ2n) is 3.12. The van der Waals surface area contributed by atoms with E-state index in [0.717, 1.165) is 10.4 Å². The molecule has 0 bridgehead atoms. The average molecular weight is 214 g/mol. The van der Waals surface area contributed by atoms with Crippen molar-refractivity contribution in [3.8, 4) is 12.0 Å². The third-order valence-electron chi connectivity index (χ3n) is 2.17. The van der Waals surface area contributed by atoms with Crippen LogP contribution in [0, 0.1) is 12.0 Å². The third-order valence-corrected chi connectivity index (χ3v) is 3.11. The minimum atomic E-state index is -0.0174. The molecular weight excluding hydrogens is 204 g/mol. The van der Waals surface area contributed by atoms with E-state index in [1.54, 1.807) is 11.3 Å². The van der Waals surface area contributed by atoms with E-state index in [4.69, 9.17) is 5.11 Å². The van der Waals surface area contributed by atoms with Crippen molar-refractivity contribution in [2.45, 2.75) is 5.92 Å². The molecule has 1 aromatic heterocycles. The summed E-state index contributed by atoms with van der Waals surface area (Å²) in [6, 6.07) is 14.0. The van der Waals surface area contributed by atoms with Crippen molar-refractivity contribution in [3.63, 3.8) is 0 Å². The highest BCUT2D eigenvalue weighted by Crippen LogP contribution is 2.27. The molecule has 0 saturated heterocycles. The van der Waals surface area contributed by atoms with Gasteiger partial charge in [-0.05, 0) is 22.9 Å². The predicted octanol–water partition coefficient (Wildman–Crippen LogP) is 3.21. The first-order valence-electron chi connectivity index (χ1n) is 4.65. The van der Waals surface area contributed by atoms with Crippen molar-refractivity contribution in [3.05, 3.63) is 58.3 Å². The highest BCUT2D eigenvalue weighted by molar-refractivity contribution is 7.10. The summed E-state index contributed by atoms with van der Waals surface area (Å²) in [6.07, 6.45) is 2.01. The van der Waals surface area contributed by atoms with E-state index >= 15 is 0 Å². The zero-order valence-corrected chi connectivity index (χ0v) is 8.87. The van der Waals surface area contributed by atoms with Crippen molar-refractivity contribution >= 4 is 11.3 Å². The number of aliphatic hydroxyl groups is 1. The summed E-state index contributed by atoms with van der Waals surface area (Å²) < 4.78 is 0. The lowest BCUT2D eigenvalue weighted by Crippen LogP contribution is -1.95. The monoisotopic (exact) mass is 214 g/mol. The quantitative estimate of drug-likeness (QED) is 0.761. The molecule has 1 unspecified atom stereocenters. The van der Waals surface area contributed by atoms with Crippen molar-refractivity contribution in [2.75, 3.05) is 0 Å². The number of aliphatic hydroxyl groups excluding tert-OH is 1. The molecular formula is C13H10OS. The Hall–Kier alpha value is -1.72. The molecule has 2 heteroatoms. The standard InChI is InChI=1S/C13H10OS/c14-9-8-12(13-7-4-10-15-13)11-5-2-1-3-6-11/h1-7,10,12,14H. The fourth-order valence-corrected chi connectivity index (χ4v) is 2.29. The van der Waals surface area contributed by atoms with E-state index in [-0.39, 0.29) is 5.92 Å². The predicted molar refractivity (Wildman–Crippen MR) is 62.3 cm³/mol. The molecule has 0 aliphatic heterocycles. The second-order valence-corrected chi connectivity index (χ2v) is 4.09. The normalized spacial score (nSPS) is 11.5. The van der Waals surface area contributed by atoms with E-state index < -0.39 is 0 Å². The van der Waals surface area contributed by atoms with Gasteiger partial charge in [-0.25, -0.2) is 0 Å². The summed E-state index contributed by atoms with van der Waals surface area (Å²) in [5, 5.41) is 10.8. The third kappa shape index (κ3) is 2.20. The largest absolute Gasteiger partial charge is 0.462 e. The lowest BCUT2D eigenvalue weighted by molar-refractivity contribution is 0.516. The van der Waals surface area contributed by atoms with Gasteiger partial charge in [0.05, 0.1) is 5.92 Å². The smallest absolute Gasteiger partial charge is 0.108 e. The number of benzene rings is 1. The molecule has 0 saturated carbocycles. The molecule has 1 atom stereocenters. The van der Waals surface area contributed by atoms with Gasteiger partial charge < -0.3 is 5.11 Å². The Bertz CT molecular complexity index is 462. The molecule has 0 aliphatic carbocycles. The SMILES string of the molecule is OC#CC(c1ccccc1)c1cccs1. The molecule has 74 valence electrons. The molecule has 1 heterocycles. The van der Waals surface area contributed by atoms with Crippen LogP contribution in [0.5, 0.6) is 0 Å². The van der Waals surface area contributed by atoms with E-state index in [1.165, 1.54) is 0 Å². The van der Waals surface area contributed by atoms with Gasteiger partial charge in [0.1, 0.15) is 6.11 Å². The maximum atomic E-state index is 8.74. The Balaban J connectivity index is 2.40. The molecule has 1 N–H and O–H groups in total. The van der Waals surface area contributed by atoms with Crippen molar-refractivity contribution < 1.29 is 5.11 Å². The minimum absolute atomic E-state index is 0.0174. The van der Waals surface area contributed by atoms with E-state index in [9.17, 15) is 0 Å². The topological polar surface area (TPSA) is 20.2 Å². The maximum Gasteiger partial charge on any atom is 0.108 e. The van der Waals surface area contributed by atoms with Crippen LogP contribution in [-0.2, 0) is 0 Å². The molecule has 15 heavy (non-hydrogen) atoms. The summed E-state index contributed by atoms with van der Waals surface area (Å²) in [4.78, 5) is 1.16. The fourth-order valence-electron chi connectivity index (χ4n) is 1.48. The molecule has 1 nitrogen and oxygen atoms in total. The van der Waals surface area contributed by atoms with Gasteiger partial charge in [0.2, 0.25) is 0 Å². The van der Waals surface area contributed by atoms with E-state index in [0.29, 0.717) is 0 Å². The number of hydrogen-bond acceptors (Lipinski definition) is 2. The van der Waals surface area contributed by atoms with E-state index in [1.807, 2.05) is 54.0 Å². The molecule has 0 radical (unpaired) electrons. The minimum Gasteiger partial charge on any atom is -0.462 e. The Morgan fingerprint density at radius 3 is 2.47 bits per heavy atom.